The van der Waals surface area contributed by atoms with E-state index in [1.807, 2.05) is 14.8 Å². The molecule has 0 aromatic rings. The molecule has 12 heteroatoms. The third kappa shape index (κ3) is 3.10. The minimum atomic E-state index is -4.22. The average molecular weight is 349 g/mol. The smallest absolute Gasteiger partial charge is 0.263 e. The first kappa shape index (κ1) is 17.2. The molecule has 1 N–H and O–H groups in total. The molecule has 2 atom stereocenters. The summed E-state index contributed by atoms with van der Waals surface area (Å²) >= 11 is 8.95. The van der Waals surface area contributed by atoms with E-state index in [-0.39, 0.29) is 5.57 Å². The van der Waals surface area contributed by atoms with Crippen molar-refractivity contribution >= 4 is 44.5 Å². The van der Waals surface area contributed by atoms with Crippen molar-refractivity contribution in [2.24, 2.45) is 0 Å². The van der Waals surface area contributed by atoms with E-state index in [1.165, 1.54) is 0 Å². The summed E-state index contributed by atoms with van der Waals surface area (Å²) in [6.07, 6.45) is 0.774. The topological polar surface area (TPSA) is 132 Å². The van der Waals surface area contributed by atoms with E-state index in [0.29, 0.717) is 0 Å². The van der Waals surface area contributed by atoms with E-state index in [0.717, 1.165) is 13.1 Å². The van der Waals surface area contributed by atoms with Crippen LogP contribution < -0.4 is 4.72 Å². The maximum atomic E-state index is 11.9. The second kappa shape index (κ2) is 6.31. The summed E-state index contributed by atoms with van der Waals surface area (Å²) in [4.78, 5) is 19.7. The lowest BCUT2D eigenvalue weighted by molar-refractivity contribution is -0.528. The van der Waals surface area contributed by atoms with Gasteiger partial charge in [0.1, 0.15) is 10.5 Å². The van der Waals surface area contributed by atoms with Crippen molar-refractivity contribution in [2.75, 3.05) is 7.05 Å². The van der Waals surface area contributed by atoms with Gasteiger partial charge in [0, 0.05) is 9.85 Å². The van der Waals surface area contributed by atoms with Crippen LogP contribution >= 0.6 is 24.4 Å². The lowest BCUT2D eigenvalue weighted by Gasteiger charge is -2.21. The average Bonchev–Trinajstić information content (AvgIpc) is 2.44. The normalized spacial score (nSPS) is 22.0. The van der Waals surface area contributed by atoms with Gasteiger partial charge in [-0.3, -0.25) is 20.2 Å². The first-order chi connectivity index (χ1) is 9.71. The van der Waals surface area contributed by atoms with E-state index in [9.17, 15) is 28.6 Å². The summed E-state index contributed by atoms with van der Waals surface area (Å²) in [5.41, 5.74) is -0.891. The van der Waals surface area contributed by atoms with Crippen LogP contribution in [0, 0.1) is 20.2 Å². The van der Waals surface area contributed by atoms with Crippen molar-refractivity contribution in [3.63, 3.8) is 0 Å². The molecule has 0 saturated carbocycles. The number of nitro groups is 2. The third-order valence-electron chi connectivity index (χ3n) is 2.69. The van der Waals surface area contributed by atoms with Crippen LogP contribution in [0.3, 0.4) is 0 Å². The van der Waals surface area contributed by atoms with Gasteiger partial charge < -0.3 is 0 Å². The Morgan fingerprint density at radius 3 is 2.05 bits per heavy atom. The van der Waals surface area contributed by atoms with Crippen molar-refractivity contribution in [1.29, 1.82) is 0 Å². The van der Waals surface area contributed by atoms with Crippen molar-refractivity contribution in [2.45, 2.75) is 12.1 Å². The summed E-state index contributed by atoms with van der Waals surface area (Å²) in [5, 5.41) is 26.2. The van der Waals surface area contributed by atoms with E-state index in [2.05, 4.69) is 24.4 Å². The van der Waals surface area contributed by atoms with E-state index in [4.69, 9.17) is 0 Å². The van der Waals surface area contributed by atoms with Gasteiger partial charge in [0.05, 0.1) is 5.57 Å². The van der Waals surface area contributed by atoms with E-state index >= 15 is 0 Å². The zero-order chi connectivity index (χ0) is 16.4. The summed E-state index contributed by atoms with van der Waals surface area (Å²) < 4.78 is 25.6. The molecule has 0 spiro atoms. The molecule has 112 valence electrons. The molecule has 1 rings (SSSR count). The zero-order valence-electron chi connectivity index (χ0n) is 10.3. The first-order valence-corrected chi connectivity index (χ1v) is 7.43. The van der Waals surface area contributed by atoms with Gasteiger partial charge >= 0.3 is 0 Å². The predicted molar refractivity (Wildman–Crippen MR) is 79.8 cm³/mol. The molecular weight excluding hydrogens is 342 g/mol. The molecule has 0 radical (unpaired) electrons. The Morgan fingerprint density at radius 1 is 1.19 bits per heavy atom. The van der Waals surface area contributed by atoms with Gasteiger partial charge in [0.15, 0.2) is 0 Å². The molecule has 2 unspecified atom stereocenters. The zero-order valence-corrected chi connectivity index (χ0v) is 12.8. The van der Waals surface area contributed by atoms with Crippen molar-refractivity contribution in [3.8, 4) is 0 Å². The maximum absolute atomic E-state index is 11.9. The standard InChI is InChI=1S/C9H7N3O6S3/c1-10-21(17,18)7-2-5(3-19)8(11(13)14)6(4-20)9(7)12(15)16/h2,8-10H,1H3. The van der Waals surface area contributed by atoms with Crippen molar-refractivity contribution in [1.82, 2.24) is 4.72 Å². The highest BCUT2D eigenvalue weighted by Gasteiger charge is 2.50. The summed E-state index contributed by atoms with van der Waals surface area (Å²) in [5.74, 6) is 0. The van der Waals surface area contributed by atoms with Gasteiger partial charge in [0.25, 0.3) is 12.1 Å². The molecule has 0 amide bonds. The maximum Gasteiger partial charge on any atom is 0.286 e. The minimum Gasteiger partial charge on any atom is -0.263 e. The van der Waals surface area contributed by atoms with Crippen LogP contribution in [0.1, 0.15) is 0 Å². The highest BCUT2D eigenvalue weighted by molar-refractivity contribution is 7.93. The van der Waals surface area contributed by atoms with Gasteiger partial charge in [-0.25, -0.2) is 13.1 Å². The Morgan fingerprint density at radius 2 is 1.71 bits per heavy atom. The van der Waals surface area contributed by atoms with Gasteiger partial charge in [-0.15, -0.1) is 0 Å². The third-order valence-corrected chi connectivity index (χ3v) is 4.66. The van der Waals surface area contributed by atoms with Crippen LogP contribution in [0.5, 0.6) is 0 Å². The molecule has 0 saturated heterocycles. The molecule has 0 aliphatic heterocycles. The molecule has 0 heterocycles. The Bertz CT molecular complexity index is 743. The van der Waals surface area contributed by atoms with Crippen LogP contribution in [0.4, 0.5) is 0 Å². The number of nitrogens with zero attached hydrogens (tertiary/aromatic N) is 2. The molecule has 21 heavy (non-hydrogen) atoms. The summed E-state index contributed by atoms with van der Waals surface area (Å²) in [6, 6.07) is -3.74. The number of nitrogens with one attached hydrogen (secondary N) is 1. The van der Waals surface area contributed by atoms with Crippen LogP contribution in [-0.4, -0.2) is 47.4 Å². The quantitative estimate of drug-likeness (QED) is 0.418. The van der Waals surface area contributed by atoms with Gasteiger partial charge in [-0.05, 0) is 47.6 Å². The van der Waals surface area contributed by atoms with Crippen molar-refractivity contribution in [3.05, 3.63) is 42.4 Å². The van der Waals surface area contributed by atoms with Gasteiger partial charge in [-0.2, -0.15) is 0 Å². The number of hydrogen-bond acceptors (Lipinski definition) is 8. The van der Waals surface area contributed by atoms with Crippen LogP contribution in [-0.2, 0) is 10.0 Å². The molecule has 0 aromatic carbocycles. The number of sulfonamides is 1. The van der Waals surface area contributed by atoms with Crippen LogP contribution in [0.2, 0.25) is 0 Å². The number of hydrogen-bond donors (Lipinski definition) is 1. The Hall–Kier alpha value is -1.81. The highest BCUT2D eigenvalue weighted by Crippen LogP contribution is 2.31. The molecule has 0 aromatic heterocycles. The van der Waals surface area contributed by atoms with E-state index < -0.39 is 42.4 Å². The fraction of sp³-hybridized carbons (Fsp3) is 0.333. The van der Waals surface area contributed by atoms with Crippen molar-refractivity contribution < 1.29 is 18.3 Å². The summed E-state index contributed by atoms with van der Waals surface area (Å²) in [7, 11) is -3.17. The second-order valence-electron chi connectivity index (χ2n) is 3.74. The Labute approximate surface area is 129 Å². The SMILES string of the molecule is CNS(=O)(=O)C1=CC(=C=S)C([N+](=O)[O-])C(=C=S)C1[N+](=O)[O-]. The molecule has 1 aliphatic carbocycles. The van der Waals surface area contributed by atoms with Crippen LogP contribution in [0.15, 0.2) is 22.1 Å². The van der Waals surface area contributed by atoms with Gasteiger partial charge in [-0.1, -0.05) is 0 Å². The van der Waals surface area contributed by atoms with Gasteiger partial charge in [0.2, 0.25) is 10.0 Å². The lowest BCUT2D eigenvalue weighted by atomic mass is 9.89. The number of thiocarbonyl (C=S) groups is 2. The Kier molecular flexibility index (Phi) is 5.18. The second-order valence-corrected chi connectivity index (χ2v) is 6.04. The minimum absolute atomic E-state index is 0.311. The molecule has 0 bridgehead atoms. The first-order valence-electron chi connectivity index (χ1n) is 5.13. The largest absolute Gasteiger partial charge is 0.286 e. The molecule has 0 fully saturated rings. The summed E-state index contributed by atoms with van der Waals surface area (Å²) in [6.45, 7) is 0. The Balaban J connectivity index is 3.80. The monoisotopic (exact) mass is 349 g/mol. The fourth-order valence-electron chi connectivity index (χ4n) is 1.77. The van der Waals surface area contributed by atoms with Crippen LogP contribution in [0.25, 0.3) is 0 Å². The van der Waals surface area contributed by atoms with E-state index in [1.54, 1.807) is 0 Å². The number of rotatable bonds is 4. The lowest BCUT2D eigenvalue weighted by Crippen LogP contribution is -2.43. The molecule has 9 nitrogen and oxygen atoms in total. The molecular formula is C9H7N3O6S3. The molecule has 1 aliphatic rings. The fourth-order valence-corrected chi connectivity index (χ4v) is 3.18. The highest BCUT2D eigenvalue weighted by atomic mass is 32.2. The predicted octanol–water partition coefficient (Wildman–Crippen LogP) is -0.226.